The molecule has 4 nitrogen and oxygen atoms in total. The van der Waals surface area contributed by atoms with Crippen LogP contribution in [-0.4, -0.2) is 39.5 Å². The number of aryl methyl sites for hydroxylation is 1. The number of aliphatic hydroxyl groups excluding tert-OH is 1. The molecular weight excluding hydrogens is 250 g/mol. The predicted octanol–water partition coefficient (Wildman–Crippen LogP) is 2.61. The number of aliphatic hydroxyl groups is 1. The van der Waals surface area contributed by atoms with Gasteiger partial charge >= 0.3 is 0 Å². The fourth-order valence-corrected chi connectivity index (χ4v) is 2.74. The van der Waals surface area contributed by atoms with Gasteiger partial charge in [0.05, 0.1) is 18.8 Å². The van der Waals surface area contributed by atoms with Gasteiger partial charge in [0.15, 0.2) is 0 Å². The zero-order chi connectivity index (χ0) is 15.3. The highest BCUT2D eigenvalue weighted by Gasteiger charge is 2.16. The van der Waals surface area contributed by atoms with E-state index >= 15 is 0 Å². The summed E-state index contributed by atoms with van der Waals surface area (Å²) in [5.74, 6) is 1.34. The van der Waals surface area contributed by atoms with Crippen molar-refractivity contribution in [2.75, 3.05) is 19.7 Å². The van der Waals surface area contributed by atoms with Crippen LogP contribution < -0.4 is 0 Å². The van der Waals surface area contributed by atoms with Crippen LogP contribution in [0.5, 0.6) is 0 Å². The van der Waals surface area contributed by atoms with Gasteiger partial charge in [-0.2, -0.15) is 5.10 Å². The molecule has 0 atom stereocenters. The first-order valence-electron chi connectivity index (χ1n) is 7.71. The molecule has 0 bridgehead atoms. The third-order valence-electron chi connectivity index (χ3n) is 3.47. The van der Waals surface area contributed by atoms with Crippen LogP contribution >= 0.6 is 0 Å². The van der Waals surface area contributed by atoms with E-state index in [4.69, 9.17) is 5.11 Å². The number of nitrogens with zero attached hydrogens (tertiary/aromatic N) is 3. The van der Waals surface area contributed by atoms with Crippen LogP contribution in [-0.2, 0) is 13.1 Å². The lowest BCUT2D eigenvalue weighted by Gasteiger charge is -2.26. The van der Waals surface area contributed by atoms with Crippen molar-refractivity contribution >= 4 is 0 Å². The number of rotatable bonds is 8. The fourth-order valence-electron chi connectivity index (χ4n) is 2.74. The van der Waals surface area contributed by atoms with Crippen LogP contribution in [0.15, 0.2) is 0 Å². The van der Waals surface area contributed by atoms with Crippen molar-refractivity contribution in [2.24, 2.45) is 11.8 Å². The number of hydrogen-bond donors (Lipinski definition) is 1. The van der Waals surface area contributed by atoms with Gasteiger partial charge in [-0.3, -0.25) is 9.58 Å². The van der Waals surface area contributed by atoms with Crippen LogP contribution in [0.4, 0.5) is 0 Å². The Morgan fingerprint density at radius 2 is 1.65 bits per heavy atom. The highest BCUT2D eigenvalue weighted by atomic mass is 16.3. The second kappa shape index (κ2) is 7.79. The summed E-state index contributed by atoms with van der Waals surface area (Å²) in [5, 5.41) is 13.6. The Labute approximate surface area is 123 Å². The zero-order valence-corrected chi connectivity index (χ0v) is 14.0. The third-order valence-corrected chi connectivity index (χ3v) is 3.47. The average Bonchev–Trinajstić information content (AvgIpc) is 2.56. The molecule has 0 aromatic carbocycles. The molecule has 0 saturated carbocycles. The number of hydrogen-bond acceptors (Lipinski definition) is 3. The molecule has 1 aromatic rings. The van der Waals surface area contributed by atoms with Crippen molar-refractivity contribution in [1.29, 1.82) is 0 Å². The smallest absolute Gasteiger partial charge is 0.0644 e. The molecule has 1 aromatic heterocycles. The van der Waals surface area contributed by atoms with Crippen LogP contribution in [0, 0.1) is 25.7 Å². The maximum Gasteiger partial charge on any atom is 0.0644 e. The van der Waals surface area contributed by atoms with Crippen LogP contribution in [0.3, 0.4) is 0 Å². The normalized spacial score (nSPS) is 12.1. The maximum atomic E-state index is 9.09. The summed E-state index contributed by atoms with van der Waals surface area (Å²) < 4.78 is 1.92. The van der Waals surface area contributed by atoms with Gasteiger partial charge in [-0.1, -0.05) is 27.7 Å². The van der Waals surface area contributed by atoms with E-state index in [1.807, 2.05) is 4.68 Å². The topological polar surface area (TPSA) is 41.3 Å². The summed E-state index contributed by atoms with van der Waals surface area (Å²) >= 11 is 0. The molecule has 0 aliphatic heterocycles. The van der Waals surface area contributed by atoms with E-state index in [0.29, 0.717) is 18.4 Å². The van der Waals surface area contributed by atoms with Gasteiger partial charge in [-0.15, -0.1) is 0 Å². The lowest BCUT2D eigenvalue weighted by atomic mass is 10.1. The molecule has 20 heavy (non-hydrogen) atoms. The molecule has 4 heteroatoms. The standard InChI is InChI=1S/C16H31N3O/c1-12(2)9-18(10-13(3)4)11-16-14(5)17-19(7-8-20)15(16)6/h12-13,20H,7-11H2,1-6H3. The molecule has 0 fully saturated rings. The van der Waals surface area contributed by atoms with Crippen LogP contribution in [0.2, 0.25) is 0 Å². The first-order chi connectivity index (χ1) is 9.35. The van der Waals surface area contributed by atoms with Crippen LogP contribution in [0.1, 0.15) is 44.6 Å². The van der Waals surface area contributed by atoms with Gasteiger partial charge < -0.3 is 5.11 Å². The molecule has 116 valence electrons. The first kappa shape index (κ1) is 17.2. The SMILES string of the molecule is Cc1nn(CCO)c(C)c1CN(CC(C)C)CC(C)C. The van der Waals surface area contributed by atoms with Gasteiger partial charge in [0.25, 0.3) is 0 Å². The van der Waals surface area contributed by atoms with Crippen molar-refractivity contribution in [2.45, 2.75) is 54.6 Å². The summed E-state index contributed by atoms with van der Waals surface area (Å²) in [4.78, 5) is 2.52. The molecule has 0 unspecified atom stereocenters. The second-order valence-electron chi connectivity index (χ2n) is 6.58. The third kappa shape index (κ3) is 4.91. The Balaban J connectivity index is 2.86. The van der Waals surface area contributed by atoms with E-state index in [0.717, 1.165) is 25.3 Å². The van der Waals surface area contributed by atoms with E-state index in [2.05, 4.69) is 51.5 Å². The molecule has 1 N–H and O–H groups in total. The highest BCUT2D eigenvalue weighted by molar-refractivity contribution is 5.24. The Hall–Kier alpha value is -0.870. The van der Waals surface area contributed by atoms with E-state index in [1.165, 1.54) is 11.3 Å². The fraction of sp³-hybridized carbons (Fsp3) is 0.812. The van der Waals surface area contributed by atoms with Gasteiger partial charge in [0.1, 0.15) is 0 Å². The first-order valence-corrected chi connectivity index (χ1v) is 7.71. The summed E-state index contributed by atoms with van der Waals surface area (Å²) in [6.45, 7) is 17.1. The molecule has 0 aliphatic rings. The maximum absolute atomic E-state index is 9.09. The molecule has 1 rings (SSSR count). The molecule has 0 amide bonds. The van der Waals surface area contributed by atoms with Crippen molar-refractivity contribution in [3.8, 4) is 0 Å². The highest BCUT2D eigenvalue weighted by Crippen LogP contribution is 2.17. The molecule has 0 saturated heterocycles. The Bertz CT molecular complexity index is 400. The summed E-state index contributed by atoms with van der Waals surface area (Å²) in [5.41, 5.74) is 3.60. The van der Waals surface area contributed by atoms with E-state index in [-0.39, 0.29) is 6.61 Å². The Morgan fingerprint density at radius 3 is 2.10 bits per heavy atom. The Kier molecular flexibility index (Phi) is 6.69. The van der Waals surface area contributed by atoms with Gasteiger partial charge in [0, 0.05) is 30.9 Å². The zero-order valence-electron chi connectivity index (χ0n) is 14.0. The summed E-state index contributed by atoms with van der Waals surface area (Å²) in [6.07, 6.45) is 0. The summed E-state index contributed by atoms with van der Waals surface area (Å²) in [7, 11) is 0. The minimum atomic E-state index is 0.142. The molecule has 0 radical (unpaired) electrons. The molecule has 0 aliphatic carbocycles. The predicted molar refractivity (Wildman–Crippen MR) is 83.7 cm³/mol. The summed E-state index contributed by atoms with van der Waals surface area (Å²) in [6, 6.07) is 0. The Morgan fingerprint density at radius 1 is 1.10 bits per heavy atom. The minimum absolute atomic E-state index is 0.142. The van der Waals surface area contributed by atoms with Crippen LogP contribution in [0.25, 0.3) is 0 Å². The molecule has 1 heterocycles. The van der Waals surface area contributed by atoms with E-state index in [9.17, 15) is 0 Å². The van der Waals surface area contributed by atoms with E-state index in [1.54, 1.807) is 0 Å². The lowest BCUT2D eigenvalue weighted by molar-refractivity contribution is 0.210. The van der Waals surface area contributed by atoms with Crippen molar-refractivity contribution in [1.82, 2.24) is 14.7 Å². The minimum Gasteiger partial charge on any atom is -0.394 e. The largest absolute Gasteiger partial charge is 0.394 e. The quantitative estimate of drug-likeness (QED) is 0.796. The van der Waals surface area contributed by atoms with Gasteiger partial charge in [-0.25, -0.2) is 0 Å². The average molecular weight is 281 g/mol. The monoisotopic (exact) mass is 281 g/mol. The number of aromatic nitrogens is 2. The van der Waals surface area contributed by atoms with Gasteiger partial charge in [-0.05, 0) is 25.7 Å². The van der Waals surface area contributed by atoms with Gasteiger partial charge in [0.2, 0.25) is 0 Å². The molecular formula is C16H31N3O. The van der Waals surface area contributed by atoms with Crippen molar-refractivity contribution < 1.29 is 5.11 Å². The lowest BCUT2D eigenvalue weighted by Crippen LogP contribution is -2.31. The molecule has 0 spiro atoms. The van der Waals surface area contributed by atoms with Crippen molar-refractivity contribution in [3.05, 3.63) is 17.0 Å². The second-order valence-corrected chi connectivity index (χ2v) is 6.58. The van der Waals surface area contributed by atoms with Crippen molar-refractivity contribution in [3.63, 3.8) is 0 Å². The van der Waals surface area contributed by atoms with E-state index < -0.39 is 0 Å².